The number of halogens is 1. The summed E-state index contributed by atoms with van der Waals surface area (Å²) in [5, 5.41) is 11.7. The van der Waals surface area contributed by atoms with E-state index in [-0.39, 0.29) is 0 Å². The smallest absolute Gasteiger partial charge is 0.155 e. The standard InChI is InChI=1S/C14H13ClN4O/c1-20-13-3-2-9(4-12(13)15)6-16-11-5-10-7-18-19-14(10)17-8-11/h2-5,7-8,16H,6H2,1H3,(H,17,18,19). The van der Waals surface area contributed by atoms with E-state index in [1.54, 1.807) is 19.5 Å². The molecule has 1 aromatic carbocycles. The van der Waals surface area contributed by atoms with Crippen LogP contribution in [-0.2, 0) is 6.54 Å². The average molecular weight is 289 g/mol. The van der Waals surface area contributed by atoms with Gasteiger partial charge in [0.05, 0.1) is 30.2 Å². The normalized spacial score (nSPS) is 10.7. The zero-order valence-electron chi connectivity index (χ0n) is 10.9. The van der Waals surface area contributed by atoms with Crippen LogP contribution < -0.4 is 10.1 Å². The third-order valence-electron chi connectivity index (χ3n) is 3.00. The summed E-state index contributed by atoms with van der Waals surface area (Å²) < 4.78 is 5.13. The molecule has 3 rings (SSSR count). The minimum Gasteiger partial charge on any atom is -0.495 e. The molecule has 0 atom stereocenters. The molecule has 0 fully saturated rings. The second kappa shape index (κ2) is 5.38. The monoisotopic (exact) mass is 288 g/mol. The van der Waals surface area contributed by atoms with Crippen molar-refractivity contribution in [2.75, 3.05) is 12.4 Å². The highest BCUT2D eigenvalue weighted by Gasteiger charge is 2.03. The number of nitrogens with zero attached hydrogens (tertiary/aromatic N) is 2. The molecule has 20 heavy (non-hydrogen) atoms. The van der Waals surface area contributed by atoms with E-state index in [1.807, 2.05) is 24.3 Å². The van der Waals surface area contributed by atoms with E-state index >= 15 is 0 Å². The minimum atomic E-state index is 0.607. The van der Waals surface area contributed by atoms with Crippen LogP contribution in [0.15, 0.2) is 36.7 Å². The van der Waals surface area contributed by atoms with Crippen molar-refractivity contribution in [3.8, 4) is 5.75 Å². The van der Waals surface area contributed by atoms with Crippen molar-refractivity contribution in [3.63, 3.8) is 0 Å². The van der Waals surface area contributed by atoms with Crippen LogP contribution >= 0.6 is 11.6 Å². The summed E-state index contributed by atoms with van der Waals surface area (Å²) in [5.41, 5.74) is 2.79. The Morgan fingerprint density at radius 2 is 2.20 bits per heavy atom. The molecular weight excluding hydrogens is 276 g/mol. The quantitative estimate of drug-likeness (QED) is 0.774. The number of anilines is 1. The Morgan fingerprint density at radius 1 is 1.30 bits per heavy atom. The van der Waals surface area contributed by atoms with Crippen molar-refractivity contribution in [1.29, 1.82) is 0 Å². The first-order valence-electron chi connectivity index (χ1n) is 6.11. The number of aromatic nitrogens is 3. The highest BCUT2D eigenvalue weighted by atomic mass is 35.5. The van der Waals surface area contributed by atoms with Crippen LogP contribution in [0.25, 0.3) is 11.0 Å². The van der Waals surface area contributed by atoms with Crippen LogP contribution in [0.2, 0.25) is 5.02 Å². The zero-order valence-corrected chi connectivity index (χ0v) is 11.6. The summed E-state index contributed by atoms with van der Waals surface area (Å²) in [7, 11) is 1.60. The maximum absolute atomic E-state index is 6.10. The van der Waals surface area contributed by atoms with Crippen LogP contribution in [0.3, 0.4) is 0 Å². The highest BCUT2D eigenvalue weighted by molar-refractivity contribution is 6.32. The van der Waals surface area contributed by atoms with Gasteiger partial charge in [-0.1, -0.05) is 17.7 Å². The molecular formula is C14H13ClN4O. The molecule has 5 nitrogen and oxygen atoms in total. The highest BCUT2D eigenvalue weighted by Crippen LogP contribution is 2.25. The molecule has 0 bridgehead atoms. The molecule has 2 N–H and O–H groups in total. The molecule has 0 unspecified atom stereocenters. The van der Waals surface area contributed by atoms with Gasteiger partial charge in [-0.25, -0.2) is 4.98 Å². The number of methoxy groups -OCH3 is 1. The molecule has 0 radical (unpaired) electrons. The van der Waals surface area contributed by atoms with Crippen molar-refractivity contribution in [1.82, 2.24) is 15.2 Å². The van der Waals surface area contributed by atoms with Crippen molar-refractivity contribution >= 4 is 28.3 Å². The summed E-state index contributed by atoms with van der Waals surface area (Å²) in [6, 6.07) is 7.71. The lowest BCUT2D eigenvalue weighted by Gasteiger charge is -2.08. The topological polar surface area (TPSA) is 62.8 Å². The molecule has 102 valence electrons. The van der Waals surface area contributed by atoms with Crippen LogP contribution in [0.4, 0.5) is 5.69 Å². The van der Waals surface area contributed by atoms with E-state index in [2.05, 4.69) is 20.5 Å². The second-order valence-corrected chi connectivity index (χ2v) is 4.76. The van der Waals surface area contributed by atoms with Gasteiger partial charge in [-0.15, -0.1) is 0 Å². The average Bonchev–Trinajstić information content (AvgIpc) is 2.92. The number of ether oxygens (including phenoxy) is 1. The van der Waals surface area contributed by atoms with Crippen molar-refractivity contribution < 1.29 is 4.74 Å². The number of hydrogen-bond acceptors (Lipinski definition) is 4. The number of H-pyrrole nitrogens is 1. The van der Waals surface area contributed by atoms with E-state index < -0.39 is 0 Å². The van der Waals surface area contributed by atoms with Gasteiger partial charge in [0, 0.05) is 11.9 Å². The predicted octanol–water partition coefficient (Wildman–Crippen LogP) is 3.23. The first-order valence-corrected chi connectivity index (χ1v) is 6.49. The number of fused-ring (bicyclic) bond motifs is 1. The number of rotatable bonds is 4. The number of benzene rings is 1. The van der Waals surface area contributed by atoms with Gasteiger partial charge < -0.3 is 10.1 Å². The molecule has 0 aliphatic rings. The fourth-order valence-corrected chi connectivity index (χ4v) is 2.24. The number of hydrogen-bond donors (Lipinski definition) is 2. The lowest BCUT2D eigenvalue weighted by molar-refractivity contribution is 0.415. The molecule has 3 aromatic rings. The second-order valence-electron chi connectivity index (χ2n) is 4.35. The summed E-state index contributed by atoms with van der Waals surface area (Å²) in [5.74, 6) is 0.678. The minimum absolute atomic E-state index is 0.607. The van der Waals surface area contributed by atoms with E-state index in [0.29, 0.717) is 17.3 Å². The van der Waals surface area contributed by atoms with Gasteiger partial charge in [0.1, 0.15) is 5.75 Å². The fraction of sp³-hybridized carbons (Fsp3) is 0.143. The SMILES string of the molecule is COc1ccc(CNc2cnc3[nH]ncc3c2)cc1Cl. The van der Waals surface area contributed by atoms with Gasteiger partial charge >= 0.3 is 0 Å². The molecule has 0 amide bonds. The van der Waals surface area contributed by atoms with E-state index in [4.69, 9.17) is 16.3 Å². The lowest BCUT2D eigenvalue weighted by atomic mass is 10.2. The molecule has 2 aromatic heterocycles. The molecule has 0 saturated heterocycles. The van der Waals surface area contributed by atoms with Crippen LogP contribution in [0.1, 0.15) is 5.56 Å². The van der Waals surface area contributed by atoms with Crippen molar-refractivity contribution in [2.24, 2.45) is 0 Å². The largest absolute Gasteiger partial charge is 0.495 e. The maximum atomic E-state index is 6.10. The first-order chi connectivity index (χ1) is 9.76. The van der Waals surface area contributed by atoms with E-state index in [0.717, 1.165) is 22.3 Å². The van der Waals surface area contributed by atoms with Crippen LogP contribution in [0.5, 0.6) is 5.75 Å². The Kier molecular flexibility index (Phi) is 3.43. The summed E-state index contributed by atoms with van der Waals surface area (Å²) in [4.78, 5) is 4.27. The number of pyridine rings is 1. The first kappa shape index (κ1) is 12.7. The number of aromatic amines is 1. The zero-order chi connectivity index (χ0) is 13.9. The molecule has 0 spiro atoms. The molecule has 0 saturated carbocycles. The van der Waals surface area contributed by atoms with Crippen LogP contribution in [-0.4, -0.2) is 22.3 Å². The molecule has 0 aliphatic carbocycles. The van der Waals surface area contributed by atoms with E-state index in [1.165, 1.54) is 0 Å². The third-order valence-corrected chi connectivity index (χ3v) is 3.30. The summed E-state index contributed by atoms with van der Waals surface area (Å²) in [6.45, 7) is 0.661. The van der Waals surface area contributed by atoms with Gasteiger partial charge in [0.25, 0.3) is 0 Å². The Hall–Kier alpha value is -2.27. The van der Waals surface area contributed by atoms with Gasteiger partial charge in [-0.2, -0.15) is 5.10 Å². The van der Waals surface area contributed by atoms with Gasteiger partial charge in [-0.05, 0) is 23.8 Å². The fourth-order valence-electron chi connectivity index (χ4n) is 1.96. The molecule has 2 heterocycles. The van der Waals surface area contributed by atoms with Gasteiger partial charge in [-0.3, -0.25) is 5.10 Å². The van der Waals surface area contributed by atoms with E-state index in [9.17, 15) is 0 Å². The summed E-state index contributed by atoms with van der Waals surface area (Å²) in [6.07, 6.45) is 3.52. The molecule has 6 heteroatoms. The van der Waals surface area contributed by atoms with Crippen molar-refractivity contribution in [3.05, 3.63) is 47.2 Å². The Bertz CT molecular complexity index is 741. The molecule has 0 aliphatic heterocycles. The van der Waals surface area contributed by atoms with Gasteiger partial charge in [0.2, 0.25) is 0 Å². The Labute approximate surface area is 120 Å². The Morgan fingerprint density at radius 3 is 3.00 bits per heavy atom. The van der Waals surface area contributed by atoms with Crippen LogP contribution in [0, 0.1) is 0 Å². The Balaban J connectivity index is 1.73. The van der Waals surface area contributed by atoms with Crippen molar-refractivity contribution in [2.45, 2.75) is 6.54 Å². The maximum Gasteiger partial charge on any atom is 0.155 e. The summed E-state index contributed by atoms with van der Waals surface area (Å²) >= 11 is 6.10. The van der Waals surface area contributed by atoms with Gasteiger partial charge in [0.15, 0.2) is 5.65 Å². The predicted molar refractivity (Wildman–Crippen MR) is 79.2 cm³/mol. The lowest BCUT2D eigenvalue weighted by Crippen LogP contribution is -2.00. The third kappa shape index (κ3) is 2.53. The number of nitrogens with one attached hydrogen (secondary N) is 2.